The van der Waals surface area contributed by atoms with E-state index in [0.717, 1.165) is 0 Å². The molecule has 0 saturated carbocycles. The number of allylic oxidation sites excluding steroid dienone is 8. The molecule has 0 aromatic carbocycles. The van der Waals surface area contributed by atoms with Crippen LogP contribution in [0.5, 0.6) is 0 Å². The molecule has 1 heteroatoms. The summed E-state index contributed by atoms with van der Waals surface area (Å²) in [6.07, 6.45) is 16.0. The van der Waals surface area contributed by atoms with Crippen molar-refractivity contribution in [2.75, 3.05) is 0 Å². The van der Waals surface area contributed by atoms with Crippen molar-refractivity contribution in [3.8, 4) is 0 Å². The standard InChI is InChI=1S/2C5H5.Mo.2H/c2*1-2-4-5-3-1;;;/h2*1-3H,4H2;;;. The second-order valence-electron chi connectivity index (χ2n) is 2.77. The number of rotatable bonds is 2. The Morgan fingerprint density at radius 3 is 1.82 bits per heavy atom. The van der Waals surface area contributed by atoms with E-state index < -0.39 is 0 Å². The Kier molecular flexibility index (Phi) is 2.23. The van der Waals surface area contributed by atoms with Crippen LogP contribution in [0.25, 0.3) is 0 Å². The molecule has 0 amide bonds. The van der Waals surface area contributed by atoms with E-state index in [1.54, 1.807) is 7.93 Å². The summed E-state index contributed by atoms with van der Waals surface area (Å²) in [4.78, 5) is 0. The van der Waals surface area contributed by atoms with Crippen molar-refractivity contribution in [2.24, 2.45) is 0 Å². The van der Waals surface area contributed by atoms with Gasteiger partial charge in [-0.2, -0.15) is 0 Å². The van der Waals surface area contributed by atoms with Gasteiger partial charge in [0.1, 0.15) is 0 Å². The van der Waals surface area contributed by atoms with Gasteiger partial charge in [-0.05, 0) is 0 Å². The summed E-state index contributed by atoms with van der Waals surface area (Å²) in [7, 11) is 0. The molecular formula is C10H12Mo. The molecular weight excluding hydrogens is 216 g/mol. The van der Waals surface area contributed by atoms with E-state index in [-0.39, 0.29) is 18.6 Å². The molecule has 0 unspecified atom stereocenters. The SMILES string of the molecule is C1=CC[C]([MoH2][C]2=CC=CC2)=C1. The van der Waals surface area contributed by atoms with Crippen LogP contribution in [-0.4, -0.2) is 0 Å². The van der Waals surface area contributed by atoms with Crippen molar-refractivity contribution in [1.82, 2.24) is 0 Å². The van der Waals surface area contributed by atoms with Crippen LogP contribution in [0, 0.1) is 0 Å². The Bertz CT molecular complexity index is 239. The first kappa shape index (κ1) is 7.31. The molecule has 2 aliphatic rings. The molecule has 0 N–H and O–H groups in total. The van der Waals surface area contributed by atoms with Crippen LogP contribution in [-0.2, 0) is 18.6 Å². The van der Waals surface area contributed by atoms with Gasteiger partial charge in [0, 0.05) is 0 Å². The number of hydrogen-bond acceptors (Lipinski definition) is 0. The maximum atomic E-state index is 2.31. The fraction of sp³-hybridized carbons (Fsp3) is 0.200. The van der Waals surface area contributed by atoms with E-state index in [4.69, 9.17) is 0 Å². The second kappa shape index (κ2) is 3.36. The van der Waals surface area contributed by atoms with E-state index in [2.05, 4.69) is 36.5 Å². The fourth-order valence-corrected chi connectivity index (χ4v) is 4.26. The predicted molar refractivity (Wildman–Crippen MR) is 46.5 cm³/mol. The van der Waals surface area contributed by atoms with Gasteiger partial charge in [0.05, 0.1) is 0 Å². The van der Waals surface area contributed by atoms with Crippen LogP contribution in [0.2, 0.25) is 0 Å². The first-order valence-corrected chi connectivity index (χ1v) is 6.39. The zero-order chi connectivity index (χ0) is 7.52. The van der Waals surface area contributed by atoms with E-state index >= 15 is 0 Å². The Labute approximate surface area is 75.9 Å². The molecule has 11 heavy (non-hydrogen) atoms. The molecule has 0 aliphatic heterocycles. The molecule has 0 aromatic heterocycles. The van der Waals surface area contributed by atoms with Crippen LogP contribution in [0.1, 0.15) is 12.8 Å². The maximum absolute atomic E-state index is 2.31. The Morgan fingerprint density at radius 1 is 0.909 bits per heavy atom. The monoisotopic (exact) mass is 230 g/mol. The minimum absolute atomic E-state index is 0.312. The van der Waals surface area contributed by atoms with E-state index in [1.807, 2.05) is 0 Å². The van der Waals surface area contributed by atoms with Crippen molar-refractivity contribution in [3.63, 3.8) is 0 Å². The van der Waals surface area contributed by atoms with Gasteiger partial charge in [0.15, 0.2) is 0 Å². The Balaban J connectivity index is 1.91. The van der Waals surface area contributed by atoms with Gasteiger partial charge in [0.2, 0.25) is 0 Å². The average molecular weight is 228 g/mol. The third-order valence-corrected chi connectivity index (χ3v) is 5.27. The summed E-state index contributed by atoms with van der Waals surface area (Å²) < 4.78 is 3.45. The first-order valence-electron chi connectivity index (χ1n) is 3.93. The second-order valence-corrected chi connectivity index (χ2v) is 6.55. The van der Waals surface area contributed by atoms with Gasteiger partial charge < -0.3 is 0 Å². The summed E-state index contributed by atoms with van der Waals surface area (Å²) in [5.41, 5.74) is 0. The zero-order valence-electron chi connectivity index (χ0n) is 6.38. The average Bonchev–Trinajstić information content (AvgIpc) is 2.60. The van der Waals surface area contributed by atoms with E-state index in [9.17, 15) is 0 Å². The molecule has 0 spiro atoms. The van der Waals surface area contributed by atoms with Crippen LogP contribution in [0.4, 0.5) is 0 Å². The van der Waals surface area contributed by atoms with Crippen LogP contribution < -0.4 is 0 Å². The fourth-order valence-electron chi connectivity index (χ4n) is 1.29. The summed E-state index contributed by atoms with van der Waals surface area (Å²) in [6, 6.07) is 0. The molecule has 0 nitrogen and oxygen atoms in total. The topological polar surface area (TPSA) is 0 Å². The van der Waals surface area contributed by atoms with Crippen LogP contribution >= 0.6 is 0 Å². The Hall–Kier alpha value is -0.352. The quantitative estimate of drug-likeness (QED) is 0.636. The predicted octanol–water partition coefficient (Wildman–Crippen LogP) is 2.22. The van der Waals surface area contributed by atoms with Gasteiger partial charge in [-0.3, -0.25) is 0 Å². The van der Waals surface area contributed by atoms with E-state index in [1.165, 1.54) is 12.8 Å². The van der Waals surface area contributed by atoms with Gasteiger partial charge in [-0.1, -0.05) is 0 Å². The molecule has 2 aliphatic carbocycles. The molecule has 0 aromatic rings. The molecule has 0 saturated heterocycles. The van der Waals surface area contributed by atoms with Crippen molar-refractivity contribution < 1.29 is 18.6 Å². The molecule has 58 valence electrons. The summed E-state index contributed by atoms with van der Waals surface area (Å²) in [5, 5.41) is 0. The normalized spacial score (nSPS) is 21.1. The molecule has 2 rings (SSSR count). The molecule has 0 radical (unpaired) electrons. The van der Waals surface area contributed by atoms with Crippen molar-refractivity contribution >= 4 is 0 Å². The molecule has 0 bridgehead atoms. The van der Waals surface area contributed by atoms with Gasteiger partial charge >= 0.3 is 75.8 Å². The van der Waals surface area contributed by atoms with Crippen molar-refractivity contribution in [1.29, 1.82) is 0 Å². The van der Waals surface area contributed by atoms with Gasteiger partial charge in [-0.15, -0.1) is 0 Å². The van der Waals surface area contributed by atoms with Crippen molar-refractivity contribution in [3.05, 3.63) is 44.4 Å². The van der Waals surface area contributed by atoms with Crippen LogP contribution in [0.15, 0.2) is 44.4 Å². The summed E-state index contributed by atoms with van der Waals surface area (Å²) >= 11 is -0.312. The third kappa shape index (κ3) is 1.81. The first-order chi connectivity index (χ1) is 5.45. The van der Waals surface area contributed by atoms with E-state index in [0.29, 0.717) is 0 Å². The zero-order valence-corrected chi connectivity index (χ0v) is 8.84. The molecule has 0 heterocycles. The van der Waals surface area contributed by atoms with Gasteiger partial charge in [0.25, 0.3) is 0 Å². The summed E-state index contributed by atoms with van der Waals surface area (Å²) in [6.45, 7) is 0. The molecule has 0 fully saturated rings. The Morgan fingerprint density at radius 2 is 1.45 bits per heavy atom. The minimum atomic E-state index is -0.312. The van der Waals surface area contributed by atoms with Gasteiger partial charge in [-0.25, -0.2) is 0 Å². The molecule has 0 atom stereocenters. The van der Waals surface area contributed by atoms with Crippen molar-refractivity contribution in [2.45, 2.75) is 12.8 Å². The van der Waals surface area contributed by atoms with Crippen LogP contribution in [0.3, 0.4) is 0 Å². The third-order valence-electron chi connectivity index (χ3n) is 1.86. The number of hydrogen-bond donors (Lipinski definition) is 0. The summed E-state index contributed by atoms with van der Waals surface area (Å²) in [5.74, 6) is 0.